The van der Waals surface area contributed by atoms with E-state index < -0.39 is 0 Å². The van der Waals surface area contributed by atoms with Crippen molar-refractivity contribution in [1.29, 1.82) is 0 Å². The van der Waals surface area contributed by atoms with Gasteiger partial charge in [-0.05, 0) is 43.7 Å². The summed E-state index contributed by atoms with van der Waals surface area (Å²) in [4.78, 5) is 8.86. The van der Waals surface area contributed by atoms with E-state index in [0.717, 1.165) is 28.8 Å². The fourth-order valence-electron chi connectivity index (χ4n) is 2.24. The SMILES string of the molecule is Cc1cccc(Nc2cc(Nc3ccccc3)nc(C)n2)c1. The van der Waals surface area contributed by atoms with E-state index in [0.29, 0.717) is 0 Å². The molecule has 1 heterocycles. The Morgan fingerprint density at radius 1 is 0.682 bits per heavy atom. The van der Waals surface area contributed by atoms with Gasteiger partial charge in [-0.3, -0.25) is 0 Å². The molecule has 0 aliphatic carbocycles. The molecule has 2 aromatic carbocycles. The Morgan fingerprint density at radius 2 is 1.32 bits per heavy atom. The lowest BCUT2D eigenvalue weighted by Gasteiger charge is -2.10. The first-order valence-electron chi connectivity index (χ1n) is 7.20. The van der Waals surface area contributed by atoms with Crippen LogP contribution in [0.15, 0.2) is 60.7 Å². The Bertz CT molecular complexity index is 769. The van der Waals surface area contributed by atoms with E-state index in [1.54, 1.807) is 0 Å². The van der Waals surface area contributed by atoms with Crippen molar-refractivity contribution in [2.24, 2.45) is 0 Å². The number of hydrogen-bond donors (Lipinski definition) is 2. The molecule has 3 aromatic rings. The number of nitrogens with zero attached hydrogens (tertiary/aromatic N) is 2. The quantitative estimate of drug-likeness (QED) is 0.738. The third kappa shape index (κ3) is 3.61. The summed E-state index contributed by atoms with van der Waals surface area (Å²) in [6, 6.07) is 20.1. The average molecular weight is 290 g/mol. The summed E-state index contributed by atoms with van der Waals surface area (Å²) in [7, 11) is 0. The lowest BCUT2D eigenvalue weighted by molar-refractivity contribution is 1.06. The monoisotopic (exact) mass is 290 g/mol. The van der Waals surface area contributed by atoms with Crippen LogP contribution in [0.4, 0.5) is 23.0 Å². The van der Waals surface area contributed by atoms with Crippen LogP contribution in [0.2, 0.25) is 0 Å². The van der Waals surface area contributed by atoms with Crippen LogP contribution in [0.3, 0.4) is 0 Å². The first-order chi connectivity index (χ1) is 10.7. The molecule has 0 amide bonds. The molecule has 0 saturated carbocycles. The summed E-state index contributed by atoms with van der Waals surface area (Å²) in [5.74, 6) is 2.27. The van der Waals surface area contributed by atoms with E-state index in [2.05, 4.69) is 39.7 Å². The second-order valence-corrected chi connectivity index (χ2v) is 5.17. The lowest BCUT2D eigenvalue weighted by atomic mass is 10.2. The summed E-state index contributed by atoms with van der Waals surface area (Å²) < 4.78 is 0. The summed E-state index contributed by atoms with van der Waals surface area (Å²) in [6.07, 6.45) is 0. The second-order valence-electron chi connectivity index (χ2n) is 5.17. The van der Waals surface area contributed by atoms with Gasteiger partial charge in [0.15, 0.2) is 0 Å². The van der Waals surface area contributed by atoms with Gasteiger partial charge in [0.2, 0.25) is 0 Å². The Kier molecular flexibility index (Phi) is 4.01. The van der Waals surface area contributed by atoms with Gasteiger partial charge in [0.1, 0.15) is 17.5 Å². The number of anilines is 4. The predicted octanol–water partition coefficient (Wildman–Crippen LogP) is 4.58. The van der Waals surface area contributed by atoms with Gasteiger partial charge in [0, 0.05) is 17.4 Å². The molecule has 4 nitrogen and oxygen atoms in total. The molecule has 4 heteroatoms. The van der Waals surface area contributed by atoms with Gasteiger partial charge in [-0.25, -0.2) is 9.97 Å². The molecule has 110 valence electrons. The Balaban J connectivity index is 1.83. The molecule has 0 spiro atoms. The topological polar surface area (TPSA) is 49.8 Å². The number of para-hydroxylation sites is 1. The minimum absolute atomic E-state index is 0.719. The summed E-state index contributed by atoms with van der Waals surface area (Å²) in [6.45, 7) is 3.95. The zero-order chi connectivity index (χ0) is 15.4. The van der Waals surface area contributed by atoms with Crippen LogP contribution in [-0.4, -0.2) is 9.97 Å². The Labute approximate surface area is 130 Å². The van der Waals surface area contributed by atoms with Gasteiger partial charge in [0.25, 0.3) is 0 Å². The predicted molar refractivity (Wildman–Crippen MR) is 91.0 cm³/mol. The summed E-state index contributed by atoms with van der Waals surface area (Å²) in [5.41, 5.74) is 3.23. The number of aryl methyl sites for hydroxylation is 2. The highest BCUT2D eigenvalue weighted by atomic mass is 15.1. The lowest BCUT2D eigenvalue weighted by Crippen LogP contribution is -2.01. The normalized spacial score (nSPS) is 10.3. The zero-order valence-corrected chi connectivity index (χ0v) is 12.7. The third-order valence-corrected chi connectivity index (χ3v) is 3.17. The smallest absolute Gasteiger partial charge is 0.136 e. The fraction of sp³-hybridized carbons (Fsp3) is 0.111. The van der Waals surface area contributed by atoms with Crippen LogP contribution in [-0.2, 0) is 0 Å². The Hall–Kier alpha value is -2.88. The van der Waals surface area contributed by atoms with Crippen LogP contribution in [0.5, 0.6) is 0 Å². The highest BCUT2D eigenvalue weighted by Gasteiger charge is 2.03. The van der Waals surface area contributed by atoms with E-state index in [1.807, 2.05) is 55.5 Å². The van der Waals surface area contributed by atoms with Gasteiger partial charge >= 0.3 is 0 Å². The van der Waals surface area contributed by atoms with E-state index in [-0.39, 0.29) is 0 Å². The maximum atomic E-state index is 4.44. The fourth-order valence-corrected chi connectivity index (χ4v) is 2.24. The van der Waals surface area contributed by atoms with Crippen molar-refractivity contribution in [3.8, 4) is 0 Å². The number of nitrogens with one attached hydrogen (secondary N) is 2. The molecule has 2 N–H and O–H groups in total. The van der Waals surface area contributed by atoms with Crippen LogP contribution in [0, 0.1) is 13.8 Å². The van der Waals surface area contributed by atoms with E-state index in [9.17, 15) is 0 Å². The van der Waals surface area contributed by atoms with Crippen molar-refractivity contribution in [3.05, 3.63) is 72.1 Å². The molecule has 0 saturated heterocycles. The average Bonchev–Trinajstić information content (AvgIpc) is 2.47. The number of aromatic nitrogens is 2. The van der Waals surface area contributed by atoms with E-state index in [4.69, 9.17) is 0 Å². The van der Waals surface area contributed by atoms with E-state index >= 15 is 0 Å². The van der Waals surface area contributed by atoms with Gasteiger partial charge in [-0.15, -0.1) is 0 Å². The second kappa shape index (κ2) is 6.26. The van der Waals surface area contributed by atoms with Crippen LogP contribution in [0.1, 0.15) is 11.4 Å². The van der Waals surface area contributed by atoms with Crippen LogP contribution in [0.25, 0.3) is 0 Å². The molecule has 22 heavy (non-hydrogen) atoms. The van der Waals surface area contributed by atoms with Crippen molar-refractivity contribution in [3.63, 3.8) is 0 Å². The van der Waals surface area contributed by atoms with E-state index in [1.165, 1.54) is 5.56 Å². The highest BCUT2D eigenvalue weighted by molar-refractivity contribution is 5.63. The summed E-state index contributed by atoms with van der Waals surface area (Å²) >= 11 is 0. The maximum absolute atomic E-state index is 4.44. The van der Waals surface area contributed by atoms with Crippen molar-refractivity contribution in [2.75, 3.05) is 10.6 Å². The van der Waals surface area contributed by atoms with Gasteiger partial charge in [0.05, 0.1) is 0 Å². The van der Waals surface area contributed by atoms with Crippen molar-refractivity contribution < 1.29 is 0 Å². The van der Waals surface area contributed by atoms with Gasteiger partial charge in [-0.2, -0.15) is 0 Å². The first-order valence-corrected chi connectivity index (χ1v) is 7.20. The molecular formula is C18H18N4. The number of benzene rings is 2. The molecule has 0 unspecified atom stereocenters. The first kappa shape index (κ1) is 14.1. The molecule has 0 aliphatic heterocycles. The minimum atomic E-state index is 0.719. The highest BCUT2D eigenvalue weighted by Crippen LogP contribution is 2.20. The van der Waals surface area contributed by atoms with Gasteiger partial charge in [-0.1, -0.05) is 30.3 Å². The van der Waals surface area contributed by atoms with Crippen molar-refractivity contribution >= 4 is 23.0 Å². The minimum Gasteiger partial charge on any atom is -0.340 e. The van der Waals surface area contributed by atoms with Crippen LogP contribution < -0.4 is 10.6 Å². The molecule has 0 radical (unpaired) electrons. The number of hydrogen-bond acceptors (Lipinski definition) is 4. The third-order valence-electron chi connectivity index (χ3n) is 3.17. The van der Waals surface area contributed by atoms with Crippen molar-refractivity contribution in [2.45, 2.75) is 13.8 Å². The molecular weight excluding hydrogens is 272 g/mol. The van der Waals surface area contributed by atoms with Crippen molar-refractivity contribution in [1.82, 2.24) is 9.97 Å². The molecule has 0 fully saturated rings. The largest absolute Gasteiger partial charge is 0.340 e. The van der Waals surface area contributed by atoms with Gasteiger partial charge < -0.3 is 10.6 Å². The zero-order valence-electron chi connectivity index (χ0n) is 12.7. The number of rotatable bonds is 4. The Morgan fingerprint density at radius 3 is 2.00 bits per heavy atom. The maximum Gasteiger partial charge on any atom is 0.136 e. The molecule has 3 rings (SSSR count). The molecule has 1 aromatic heterocycles. The van der Waals surface area contributed by atoms with Crippen LogP contribution >= 0.6 is 0 Å². The summed E-state index contributed by atoms with van der Waals surface area (Å²) in [5, 5.41) is 6.61. The molecule has 0 aliphatic rings. The molecule has 0 atom stereocenters. The standard InChI is InChI=1S/C18H18N4/c1-13-7-6-10-16(11-13)22-18-12-17(19-14(2)20-18)21-15-8-4-3-5-9-15/h3-12H,1-2H3,(H2,19,20,21,22). The molecule has 0 bridgehead atoms.